The average molecular weight is 269 g/mol. The van der Waals surface area contributed by atoms with Crippen LogP contribution in [-0.2, 0) is 0 Å². The molecular formula is C17H23N3. The van der Waals surface area contributed by atoms with Crippen molar-refractivity contribution < 1.29 is 0 Å². The Bertz CT molecular complexity index is 677. The van der Waals surface area contributed by atoms with Crippen molar-refractivity contribution >= 4 is 22.7 Å². The van der Waals surface area contributed by atoms with E-state index in [9.17, 15) is 0 Å². The number of para-hydroxylation sites is 2. The van der Waals surface area contributed by atoms with Crippen LogP contribution in [0.5, 0.6) is 0 Å². The topological polar surface area (TPSA) is 43.8 Å². The predicted octanol–water partition coefficient (Wildman–Crippen LogP) is 4.16. The van der Waals surface area contributed by atoms with E-state index in [2.05, 4.69) is 49.4 Å². The van der Waals surface area contributed by atoms with Gasteiger partial charge in [-0.25, -0.2) is 4.98 Å². The molecule has 0 saturated heterocycles. The lowest BCUT2D eigenvalue weighted by atomic mass is 9.74. The Morgan fingerprint density at radius 3 is 2.65 bits per heavy atom. The fraction of sp³-hybridized carbons (Fsp3) is 0.471. The third-order valence-corrected chi connectivity index (χ3v) is 4.78. The van der Waals surface area contributed by atoms with Gasteiger partial charge in [0.05, 0.1) is 11.0 Å². The fourth-order valence-corrected chi connectivity index (χ4v) is 3.77. The highest BCUT2D eigenvalue weighted by atomic mass is 15.2. The lowest BCUT2D eigenvalue weighted by Gasteiger charge is -2.34. The second-order valence-electron chi connectivity index (χ2n) is 6.69. The third kappa shape index (κ3) is 1.76. The van der Waals surface area contributed by atoms with Gasteiger partial charge in [0.2, 0.25) is 5.95 Å². The standard InChI is InChI=1S/C17H23N3/c1-11(2)12-9-10-15(17(12,3)4)20-14-8-6-5-7-13(14)19-16(20)18/h5-8,10-12H,9H2,1-4H3,(H2,18,19). The highest BCUT2D eigenvalue weighted by Crippen LogP contribution is 2.50. The third-order valence-electron chi connectivity index (χ3n) is 4.78. The lowest BCUT2D eigenvalue weighted by Crippen LogP contribution is -2.27. The highest BCUT2D eigenvalue weighted by Gasteiger charge is 2.40. The molecule has 1 aromatic carbocycles. The van der Waals surface area contributed by atoms with E-state index < -0.39 is 0 Å². The summed E-state index contributed by atoms with van der Waals surface area (Å²) < 4.78 is 2.14. The number of rotatable bonds is 2. The van der Waals surface area contributed by atoms with Gasteiger partial charge in [-0.3, -0.25) is 4.57 Å². The van der Waals surface area contributed by atoms with Gasteiger partial charge in [0.15, 0.2) is 0 Å². The van der Waals surface area contributed by atoms with Gasteiger partial charge in [-0.2, -0.15) is 0 Å². The van der Waals surface area contributed by atoms with E-state index in [4.69, 9.17) is 5.73 Å². The second kappa shape index (κ2) is 4.37. The highest BCUT2D eigenvalue weighted by molar-refractivity contribution is 5.83. The Kier molecular flexibility index (Phi) is 2.89. The van der Waals surface area contributed by atoms with Crippen LogP contribution >= 0.6 is 0 Å². The molecule has 2 N–H and O–H groups in total. The normalized spacial score (nSPS) is 21.6. The van der Waals surface area contributed by atoms with E-state index in [-0.39, 0.29) is 5.41 Å². The molecule has 1 aromatic heterocycles. The first-order valence-corrected chi connectivity index (χ1v) is 7.37. The van der Waals surface area contributed by atoms with Crippen LogP contribution in [0.2, 0.25) is 0 Å². The van der Waals surface area contributed by atoms with Gasteiger partial charge in [0.1, 0.15) is 0 Å². The number of hydrogen-bond donors (Lipinski definition) is 1. The van der Waals surface area contributed by atoms with Gasteiger partial charge in [-0.15, -0.1) is 0 Å². The minimum atomic E-state index is 0.117. The number of fused-ring (bicyclic) bond motifs is 1. The molecule has 0 fully saturated rings. The summed E-state index contributed by atoms with van der Waals surface area (Å²) in [6, 6.07) is 8.16. The molecule has 0 amide bonds. The Morgan fingerprint density at radius 1 is 1.30 bits per heavy atom. The zero-order valence-corrected chi connectivity index (χ0v) is 12.7. The van der Waals surface area contributed by atoms with Gasteiger partial charge in [0, 0.05) is 11.1 Å². The van der Waals surface area contributed by atoms with Gasteiger partial charge < -0.3 is 5.73 Å². The van der Waals surface area contributed by atoms with Gasteiger partial charge in [0.25, 0.3) is 0 Å². The molecule has 0 aliphatic heterocycles. The Labute approximate surface area is 120 Å². The molecule has 1 aliphatic rings. The monoisotopic (exact) mass is 269 g/mol. The fourth-order valence-electron chi connectivity index (χ4n) is 3.77. The van der Waals surface area contributed by atoms with Crippen molar-refractivity contribution in [2.45, 2.75) is 34.1 Å². The molecule has 0 spiro atoms. The minimum absolute atomic E-state index is 0.117. The Hall–Kier alpha value is -1.77. The number of anilines is 1. The molecule has 3 nitrogen and oxygen atoms in total. The van der Waals surface area contributed by atoms with Crippen LogP contribution in [0.4, 0.5) is 5.95 Å². The van der Waals surface area contributed by atoms with E-state index in [0.29, 0.717) is 17.8 Å². The van der Waals surface area contributed by atoms with E-state index in [0.717, 1.165) is 17.5 Å². The van der Waals surface area contributed by atoms with E-state index >= 15 is 0 Å². The first-order chi connectivity index (χ1) is 9.43. The number of hydrogen-bond acceptors (Lipinski definition) is 2. The largest absolute Gasteiger partial charge is 0.369 e. The molecular weight excluding hydrogens is 246 g/mol. The van der Waals surface area contributed by atoms with Crippen LogP contribution in [0.3, 0.4) is 0 Å². The Balaban J connectivity index is 2.15. The molecule has 3 heteroatoms. The molecule has 106 valence electrons. The van der Waals surface area contributed by atoms with Gasteiger partial charge >= 0.3 is 0 Å². The molecule has 2 aromatic rings. The summed E-state index contributed by atoms with van der Waals surface area (Å²) in [6.45, 7) is 9.26. The minimum Gasteiger partial charge on any atom is -0.369 e. The smallest absolute Gasteiger partial charge is 0.205 e. The zero-order valence-electron chi connectivity index (χ0n) is 12.7. The summed E-state index contributed by atoms with van der Waals surface area (Å²) in [7, 11) is 0. The number of nitrogens with zero attached hydrogens (tertiary/aromatic N) is 2. The number of nitrogens with two attached hydrogens (primary N) is 1. The van der Waals surface area contributed by atoms with Crippen molar-refractivity contribution in [1.82, 2.24) is 9.55 Å². The lowest BCUT2D eigenvalue weighted by molar-refractivity contribution is 0.236. The number of nitrogen functional groups attached to an aromatic ring is 1. The SMILES string of the molecule is CC(C)C1CC=C(n2c(N)nc3ccccc32)C1(C)C. The van der Waals surface area contributed by atoms with E-state index in [1.165, 1.54) is 5.70 Å². The number of imidazole rings is 1. The van der Waals surface area contributed by atoms with Crippen molar-refractivity contribution in [2.24, 2.45) is 17.3 Å². The quantitative estimate of drug-likeness (QED) is 0.889. The van der Waals surface area contributed by atoms with Crippen LogP contribution in [0, 0.1) is 17.3 Å². The molecule has 20 heavy (non-hydrogen) atoms. The van der Waals surface area contributed by atoms with Crippen molar-refractivity contribution in [3.63, 3.8) is 0 Å². The zero-order chi connectivity index (χ0) is 14.5. The molecule has 1 atom stereocenters. The summed E-state index contributed by atoms with van der Waals surface area (Å²) >= 11 is 0. The van der Waals surface area contributed by atoms with Crippen molar-refractivity contribution in [3.05, 3.63) is 30.3 Å². The van der Waals surface area contributed by atoms with Gasteiger partial charge in [-0.1, -0.05) is 45.9 Å². The predicted molar refractivity (Wildman–Crippen MR) is 85.1 cm³/mol. The van der Waals surface area contributed by atoms with Crippen molar-refractivity contribution in [2.75, 3.05) is 5.73 Å². The Morgan fingerprint density at radius 2 is 2.00 bits per heavy atom. The second-order valence-corrected chi connectivity index (χ2v) is 6.69. The van der Waals surface area contributed by atoms with Crippen LogP contribution < -0.4 is 5.73 Å². The van der Waals surface area contributed by atoms with E-state index in [1.807, 2.05) is 18.2 Å². The van der Waals surface area contributed by atoms with Crippen molar-refractivity contribution in [1.29, 1.82) is 0 Å². The summed E-state index contributed by atoms with van der Waals surface area (Å²) in [6.07, 6.45) is 3.46. The molecule has 0 saturated carbocycles. The summed E-state index contributed by atoms with van der Waals surface area (Å²) in [5.41, 5.74) is 9.67. The number of allylic oxidation sites excluding steroid dienone is 2. The van der Waals surface area contributed by atoms with Crippen LogP contribution in [0.15, 0.2) is 30.3 Å². The molecule has 3 rings (SSSR count). The number of aromatic nitrogens is 2. The maximum absolute atomic E-state index is 6.19. The summed E-state index contributed by atoms with van der Waals surface area (Å²) in [5.74, 6) is 1.91. The maximum Gasteiger partial charge on any atom is 0.205 e. The molecule has 0 bridgehead atoms. The van der Waals surface area contributed by atoms with E-state index in [1.54, 1.807) is 0 Å². The first kappa shape index (κ1) is 13.2. The maximum atomic E-state index is 6.19. The van der Waals surface area contributed by atoms with Crippen LogP contribution in [0.25, 0.3) is 16.7 Å². The molecule has 0 radical (unpaired) electrons. The van der Waals surface area contributed by atoms with Crippen LogP contribution in [-0.4, -0.2) is 9.55 Å². The van der Waals surface area contributed by atoms with Gasteiger partial charge in [-0.05, 0) is 30.4 Å². The molecule has 1 unspecified atom stereocenters. The molecule has 1 aliphatic carbocycles. The number of benzene rings is 1. The average Bonchev–Trinajstić information content (AvgIpc) is 2.84. The summed E-state index contributed by atoms with van der Waals surface area (Å²) in [5, 5.41) is 0. The first-order valence-electron chi connectivity index (χ1n) is 7.37. The molecule has 1 heterocycles. The summed E-state index contributed by atoms with van der Waals surface area (Å²) in [4.78, 5) is 4.49. The van der Waals surface area contributed by atoms with Crippen LogP contribution in [0.1, 0.15) is 34.1 Å². The van der Waals surface area contributed by atoms with Crippen molar-refractivity contribution in [3.8, 4) is 0 Å².